The molecule has 2 bridgehead atoms. The van der Waals surface area contributed by atoms with Crippen LogP contribution in [0.4, 0.5) is 10.1 Å². The molecule has 34 heavy (non-hydrogen) atoms. The SMILES string of the molecule is COc1cc2c(cc1OC)C(=O)C(CC1(F)CC3CCC(C1)N3Cc1ccc([N+](=O)[O-])cc1)C2. The van der Waals surface area contributed by atoms with Crippen LogP contribution in [0.5, 0.6) is 11.5 Å². The van der Waals surface area contributed by atoms with Crippen LogP contribution in [-0.4, -0.2) is 47.6 Å². The van der Waals surface area contributed by atoms with E-state index in [0.717, 1.165) is 24.0 Å². The number of hydrogen-bond acceptors (Lipinski definition) is 6. The van der Waals surface area contributed by atoms with Crippen molar-refractivity contribution in [3.8, 4) is 11.5 Å². The molecule has 3 atom stereocenters. The third kappa shape index (κ3) is 4.04. The second-order valence-electron chi connectivity index (χ2n) is 9.87. The molecule has 2 aromatic carbocycles. The molecular weight excluding hydrogens is 439 g/mol. The van der Waals surface area contributed by atoms with Gasteiger partial charge in [-0.05, 0) is 61.8 Å². The van der Waals surface area contributed by atoms with Crippen LogP contribution in [0.15, 0.2) is 36.4 Å². The van der Waals surface area contributed by atoms with Crippen molar-refractivity contribution in [2.45, 2.75) is 62.8 Å². The Labute approximate surface area is 198 Å². The van der Waals surface area contributed by atoms with Gasteiger partial charge in [0.15, 0.2) is 17.3 Å². The highest BCUT2D eigenvalue weighted by atomic mass is 19.1. The fourth-order valence-electron chi connectivity index (χ4n) is 6.24. The zero-order valence-electron chi connectivity index (χ0n) is 19.5. The number of benzene rings is 2. The minimum atomic E-state index is -1.37. The molecule has 5 rings (SSSR count). The van der Waals surface area contributed by atoms with Gasteiger partial charge in [-0.15, -0.1) is 0 Å². The van der Waals surface area contributed by atoms with Gasteiger partial charge in [0.05, 0.1) is 19.1 Å². The Morgan fingerprint density at radius 3 is 2.29 bits per heavy atom. The molecule has 1 aliphatic carbocycles. The number of piperidine rings is 1. The molecule has 2 heterocycles. The van der Waals surface area contributed by atoms with Crippen molar-refractivity contribution in [3.05, 3.63) is 63.2 Å². The molecule has 3 aliphatic rings. The van der Waals surface area contributed by atoms with Gasteiger partial charge in [0.2, 0.25) is 0 Å². The van der Waals surface area contributed by atoms with E-state index >= 15 is 4.39 Å². The van der Waals surface area contributed by atoms with Gasteiger partial charge >= 0.3 is 0 Å². The van der Waals surface area contributed by atoms with Crippen LogP contribution in [0.3, 0.4) is 0 Å². The summed E-state index contributed by atoms with van der Waals surface area (Å²) < 4.78 is 26.9. The highest BCUT2D eigenvalue weighted by Gasteiger charge is 2.50. The first kappa shape index (κ1) is 22.8. The maximum atomic E-state index is 16.2. The molecule has 0 radical (unpaired) electrons. The van der Waals surface area contributed by atoms with Crippen LogP contribution in [0.1, 0.15) is 53.6 Å². The van der Waals surface area contributed by atoms with Crippen LogP contribution in [0, 0.1) is 16.0 Å². The van der Waals surface area contributed by atoms with Crippen molar-refractivity contribution in [3.63, 3.8) is 0 Å². The fraction of sp³-hybridized carbons (Fsp3) is 0.500. The van der Waals surface area contributed by atoms with Crippen molar-refractivity contribution in [1.29, 1.82) is 0 Å². The highest BCUT2D eigenvalue weighted by molar-refractivity contribution is 6.03. The number of nitrogens with zero attached hydrogens (tertiary/aromatic N) is 2. The maximum Gasteiger partial charge on any atom is 0.269 e. The van der Waals surface area contributed by atoms with E-state index < -0.39 is 10.6 Å². The minimum absolute atomic E-state index is 0.00589. The fourth-order valence-corrected chi connectivity index (χ4v) is 6.24. The molecule has 2 aromatic rings. The number of halogens is 1. The number of nitro groups is 1. The van der Waals surface area contributed by atoms with Crippen molar-refractivity contribution in [1.82, 2.24) is 4.90 Å². The predicted octanol–water partition coefficient (Wildman–Crippen LogP) is 4.89. The highest BCUT2D eigenvalue weighted by Crippen LogP contribution is 2.48. The van der Waals surface area contributed by atoms with E-state index in [9.17, 15) is 14.9 Å². The molecule has 7 nitrogen and oxygen atoms in total. The summed E-state index contributed by atoms with van der Waals surface area (Å²) in [6.07, 6.45) is 3.49. The molecule has 180 valence electrons. The van der Waals surface area contributed by atoms with E-state index in [0.29, 0.717) is 42.9 Å². The number of rotatable bonds is 7. The van der Waals surface area contributed by atoms with Crippen molar-refractivity contribution in [2.24, 2.45) is 5.92 Å². The van der Waals surface area contributed by atoms with Crippen LogP contribution in [-0.2, 0) is 13.0 Å². The van der Waals surface area contributed by atoms with Gasteiger partial charge in [0.25, 0.3) is 5.69 Å². The molecule has 2 fully saturated rings. The number of methoxy groups -OCH3 is 2. The number of alkyl halides is 1. The van der Waals surface area contributed by atoms with Gasteiger partial charge in [0.1, 0.15) is 5.67 Å². The van der Waals surface area contributed by atoms with Gasteiger partial charge < -0.3 is 9.47 Å². The summed E-state index contributed by atoms with van der Waals surface area (Å²) in [7, 11) is 3.10. The van der Waals surface area contributed by atoms with Gasteiger partial charge in [-0.3, -0.25) is 19.8 Å². The molecule has 0 spiro atoms. The lowest BCUT2D eigenvalue weighted by molar-refractivity contribution is -0.384. The standard InChI is InChI=1S/C26H29FN2O5/c1-33-23-10-17-9-18(25(30)22(17)11-24(23)34-2)12-26(27)13-20-7-8-21(14-26)28(20)15-16-3-5-19(6-4-16)29(31)32/h3-6,10-11,18,20-21H,7-9,12-15H2,1-2H3. The third-order valence-electron chi connectivity index (χ3n) is 7.81. The lowest BCUT2D eigenvalue weighted by Gasteiger charge is -2.43. The summed E-state index contributed by atoms with van der Waals surface area (Å²) in [6, 6.07) is 10.4. The molecule has 3 unspecified atom stereocenters. The van der Waals surface area contributed by atoms with Crippen molar-refractivity contribution >= 4 is 11.5 Å². The number of carbonyl (C=O) groups is 1. The Balaban J connectivity index is 1.27. The first-order valence-electron chi connectivity index (χ1n) is 11.8. The lowest BCUT2D eigenvalue weighted by atomic mass is 9.79. The zero-order chi connectivity index (χ0) is 24.0. The van der Waals surface area contributed by atoms with Crippen molar-refractivity contribution < 1.29 is 23.6 Å². The molecule has 0 saturated carbocycles. The first-order valence-corrected chi connectivity index (χ1v) is 11.8. The minimum Gasteiger partial charge on any atom is -0.493 e. The molecule has 0 N–H and O–H groups in total. The monoisotopic (exact) mass is 468 g/mol. The summed E-state index contributed by atoms with van der Waals surface area (Å²) in [6.45, 7) is 0.663. The van der Waals surface area contributed by atoms with Crippen molar-refractivity contribution in [2.75, 3.05) is 14.2 Å². The molecule has 0 aromatic heterocycles. The average Bonchev–Trinajstić information content (AvgIpc) is 3.24. The Bertz CT molecular complexity index is 1100. The van der Waals surface area contributed by atoms with Crippen LogP contribution < -0.4 is 9.47 Å². The van der Waals surface area contributed by atoms with Gasteiger partial charge in [0, 0.05) is 42.2 Å². The molecule has 8 heteroatoms. The van der Waals surface area contributed by atoms with E-state index in [1.165, 1.54) is 19.2 Å². The van der Waals surface area contributed by atoms with Crippen LogP contribution >= 0.6 is 0 Å². The number of fused-ring (bicyclic) bond motifs is 3. The molecule has 0 amide bonds. The molecular formula is C26H29FN2O5. The second kappa shape index (κ2) is 8.65. The average molecular weight is 469 g/mol. The summed E-state index contributed by atoms with van der Waals surface area (Å²) in [4.78, 5) is 26.0. The van der Waals surface area contributed by atoms with E-state index in [4.69, 9.17) is 9.47 Å². The quantitative estimate of drug-likeness (QED) is 0.425. The number of Topliss-reactive ketones (excluding diaryl/α,β-unsaturated/α-hetero) is 1. The second-order valence-corrected chi connectivity index (χ2v) is 9.87. The summed E-state index contributed by atoms with van der Waals surface area (Å²) in [5, 5.41) is 10.9. The first-order chi connectivity index (χ1) is 16.3. The number of nitro benzene ring substituents is 1. The lowest BCUT2D eigenvalue weighted by Crippen LogP contribution is -2.49. The molecule has 2 saturated heterocycles. The smallest absolute Gasteiger partial charge is 0.269 e. The van der Waals surface area contributed by atoms with E-state index in [1.807, 2.05) is 6.07 Å². The Kier molecular flexibility index (Phi) is 5.80. The number of ketones is 1. The summed E-state index contributed by atoms with van der Waals surface area (Å²) in [5.41, 5.74) is 1.22. The molecule has 2 aliphatic heterocycles. The number of hydrogen-bond donors (Lipinski definition) is 0. The summed E-state index contributed by atoms with van der Waals surface area (Å²) >= 11 is 0. The Hall–Kier alpha value is -3.00. The van der Waals surface area contributed by atoms with Crippen LogP contribution in [0.2, 0.25) is 0 Å². The van der Waals surface area contributed by atoms with Gasteiger partial charge in [-0.1, -0.05) is 12.1 Å². The third-order valence-corrected chi connectivity index (χ3v) is 7.81. The summed E-state index contributed by atoms with van der Waals surface area (Å²) in [5.74, 6) is 0.733. The maximum absolute atomic E-state index is 16.2. The normalized spacial score (nSPS) is 28.1. The van der Waals surface area contributed by atoms with Gasteiger partial charge in [-0.25, -0.2) is 4.39 Å². The van der Waals surface area contributed by atoms with E-state index in [2.05, 4.69) is 4.90 Å². The van der Waals surface area contributed by atoms with Gasteiger partial charge in [-0.2, -0.15) is 0 Å². The largest absolute Gasteiger partial charge is 0.493 e. The number of ether oxygens (including phenoxy) is 2. The number of carbonyl (C=O) groups excluding carboxylic acids is 1. The van der Waals surface area contributed by atoms with E-state index in [1.54, 1.807) is 25.3 Å². The van der Waals surface area contributed by atoms with E-state index in [-0.39, 0.29) is 35.9 Å². The zero-order valence-corrected chi connectivity index (χ0v) is 19.5. The topological polar surface area (TPSA) is 81.9 Å². The predicted molar refractivity (Wildman–Crippen MR) is 124 cm³/mol. The van der Waals surface area contributed by atoms with Crippen LogP contribution in [0.25, 0.3) is 0 Å². The Morgan fingerprint density at radius 2 is 1.71 bits per heavy atom. The Morgan fingerprint density at radius 1 is 1.09 bits per heavy atom. The number of non-ortho nitro benzene ring substituents is 1.